The first-order valence-corrected chi connectivity index (χ1v) is 13.8. The third-order valence-electron chi connectivity index (χ3n) is 6.67. The van der Waals surface area contributed by atoms with Crippen LogP contribution in [0.2, 0.25) is 0 Å². The zero-order chi connectivity index (χ0) is 29.0. The van der Waals surface area contributed by atoms with Crippen molar-refractivity contribution in [2.24, 2.45) is 0 Å². The maximum absolute atomic E-state index is 12.4. The second-order valence-corrected chi connectivity index (χ2v) is 9.88. The number of para-hydroxylation sites is 1. The topological polar surface area (TPSA) is 136 Å². The van der Waals surface area contributed by atoms with E-state index >= 15 is 0 Å². The van der Waals surface area contributed by atoms with Gasteiger partial charge in [0.2, 0.25) is 11.8 Å². The highest BCUT2D eigenvalue weighted by molar-refractivity contribution is 6.00. The molecule has 2 amide bonds. The Bertz CT molecular complexity index is 1300. The molecule has 10 heteroatoms. The Morgan fingerprint density at radius 3 is 2.37 bits per heavy atom. The number of pyridine rings is 1. The summed E-state index contributed by atoms with van der Waals surface area (Å²) in [5, 5.41) is 14.8. The fourth-order valence-corrected chi connectivity index (χ4v) is 4.48. The lowest BCUT2D eigenvalue weighted by atomic mass is 9.93. The minimum absolute atomic E-state index is 0.0283. The van der Waals surface area contributed by atoms with Crippen LogP contribution >= 0.6 is 0 Å². The monoisotopic (exact) mass is 561 g/mol. The lowest BCUT2D eigenvalue weighted by Crippen LogP contribution is -2.40. The van der Waals surface area contributed by atoms with Crippen LogP contribution < -0.4 is 20.1 Å². The SMILES string of the molecule is CCCCOC(=O)NC1CCC(Oc2ccc(Oc3ccc(CC(=O)Nc4ccccc4C(=O)O)cn3)cc2)CC1. The summed E-state index contributed by atoms with van der Waals surface area (Å²) in [6, 6.07) is 17.1. The quantitative estimate of drug-likeness (QED) is 0.230. The van der Waals surface area contributed by atoms with Crippen molar-refractivity contribution >= 4 is 23.7 Å². The van der Waals surface area contributed by atoms with Crippen molar-refractivity contribution in [3.05, 3.63) is 78.0 Å². The summed E-state index contributed by atoms with van der Waals surface area (Å²) in [4.78, 5) is 39.9. The van der Waals surface area contributed by atoms with Crippen LogP contribution in [0.5, 0.6) is 17.4 Å². The number of benzene rings is 2. The fraction of sp³-hybridized carbons (Fsp3) is 0.355. The van der Waals surface area contributed by atoms with Gasteiger partial charge in [-0.2, -0.15) is 0 Å². The molecule has 41 heavy (non-hydrogen) atoms. The van der Waals surface area contributed by atoms with Gasteiger partial charge < -0.3 is 30.0 Å². The molecule has 0 radical (unpaired) electrons. The van der Waals surface area contributed by atoms with Crippen LogP contribution in [-0.2, 0) is 16.0 Å². The van der Waals surface area contributed by atoms with Crippen LogP contribution in [0.4, 0.5) is 10.5 Å². The molecule has 0 bridgehead atoms. The number of aromatic nitrogens is 1. The Hall–Kier alpha value is -4.60. The summed E-state index contributed by atoms with van der Waals surface area (Å²) in [5.41, 5.74) is 0.931. The van der Waals surface area contributed by atoms with E-state index in [1.165, 1.54) is 6.07 Å². The highest BCUT2D eigenvalue weighted by atomic mass is 16.5. The summed E-state index contributed by atoms with van der Waals surface area (Å²) in [6.07, 6.45) is 6.56. The molecule has 1 heterocycles. The number of hydrogen-bond donors (Lipinski definition) is 3. The zero-order valence-electron chi connectivity index (χ0n) is 23.0. The fourth-order valence-electron chi connectivity index (χ4n) is 4.48. The molecule has 1 aromatic heterocycles. The highest BCUT2D eigenvalue weighted by Crippen LogP contribution is 2.27. The molecule has 10 nitrogen and oxygen atoms in total. The number of alkyl carbamates (subject to hydrolysis) is 1. The average Bonchev–Trinajstić information content (AvgIpc) is 2.96. The van der Waals surface area contributed by atoms with Crippen LogP contribution in [0.3, 0.4) is 0 Å². The number of carboxylic acids is 1. The highest BCUT2D eigenvalue weighted by Gasteiger charge is 2.24. The van der Waals surface area contributed by atoms with E-state index in [4.69, 9.17) is 14.2 Å². The first-order valence-electron chi connectivity index (χ1n) is 13.8. The van der Waals surface area contributed by atoms with Crippen molar-refractivity contribution in [2.75, 3.05) is 11.9 Å². The van der Waals surface area contributed by atoms with E-state index < -0.39 is 5.97 Å². The van der Waals surface area contributed by atoms with Gasteiger partial charge in [-0.15, -0.1) is 0 Å². The van der Waals surface area contributed by atoms with Crippen LogP contribution in [0.25, 0.3) is 0 Å². The number of rotatable bonds is 12. The molecular formula is C31H35N3O7. The molecule has 1 aliphatic carbocycles. The normalized spacial score (nSPS) is 16.3. The van der Waals surface area contributed by atoms with Crippen molar-refractivity contribution in [3.63, 3.8) is 0 Å². The number of hydrogen-bond acceptors (Lipinski definition) is 7. The predicted octanol–water partition coefficient (Wildman–Crippen LogP) is 5.97. The molecule has 0 aliphatic heterocycles. The van der Waals surface area contributed by atoms with Gasteiger partial charge >= 0.3 is 12.1 Å². The molecule has 3 N–H and O–H groups in total. The lowest BCUT2D eigenvalue weighted by Gasteiger charge is -2.29. The molecule has 0 unspecified atom stereocenters. The van der Waals surface area contributed by atoms with E-state index in [0.717, 1.165) is 44.3 Å². The van der Waals surface area contributed by atoms with Crippen molar-refractivity contribution in [2.45, 2.75) is 64.0 Å². The second-order valence-electron chi connectivity index (χ2n) is 9.88. The number of carboxylic acid groups (broad SMARTS) is 1. The van der Waals surface area contributed by atoms with Crippen LogP contribution in [0.15, 0.2) is 66.9 Å². The van der Waals surface area contributed by atoms with Crippen LogP contribution in [0.1, 0.15) is 61.4 Å². The first kappa shape index (κ1) is 29.4. The average molecular weight is 562 g/mol. The van der Waals surface area contributed by atoms with Crippen molar-refractivity contribution in [3.8, 4) is 17.4 Å². The summed E-state index contributed by atoms with van der Waals surface area (Å²) in [6.45, 7) is 2.51. The Morgan fingerprint density at radius 1 is 0.951 bits per heavy atom. The summed E-state index contributed by atoms with van der Waals surface area (Å²) in [7, 11) is 0. The van der Waals surface area contributed by atoms with Gasteiger partial charge in [-0.1, -0.05) is 31.5 Å². The van der Waals surface area contributed by atoms with Gasteiger partial charge in [-0.05, 0) is 74.1 Å². The number of anilines is 1. The standard InChI is InChI=1S/C31H35N3O7/c1-2-3-18-39-31(38)33-22-9-11-23(12-10-22)40-24-13-15-25(16-14-24)41-29-17-8-21(20-32-29)19-28(35)34-27-7-5-4-6-26(27)30(36)37/h4-8,13-17,20,22-23H,2-3,9-12,18-19H2,1H3,(H,33,38)(H,34,35)(H,36,37). The molecule has 2 aromatic carbocycles. The van der Waals surface area contributed by atoms with E-state index in [9.17, 15) is 19.5 Å². The molecule has 1 fully saturated rings. The number of carbonyl (C=O) groups excluding carboxylic acids is 2. The van der Waals surface area contributed by atoms with Crippen molar-refractivity contribution in [1.29, 1.82) is 0 Å². The van der Waals surface area contributed by atoms with Crippen molar-refractivity contribution in [1.82, 2.24) is 10.3 Å². The van der Waals surface area contributed by atoms with Crippen LogP contribution in [0, 0.1) is 0 Å². The van der Waals surface area contributed by atoms with Gasteiger partial charge in [-0.3, -0.25) is 4.79 Å². The largest absolute Gasteiger partial charge is 0.490 e. The molecular weight excluding hydrogens is 526 g/mol. The molecule has 1 aliphatic rings. The molecule has 0 saturated heterocycles. The summed E-state index contributed by atoms with van der Waals surface area (Å²) in [5.74, 6) is 0.251. The van der Waals surface area contributed by atoms with Gasteiger partial charge in [0.15, 0.2) is 0 Å². The number of unbranched alkanes of at least 4 members (excludes halogenated alkanes) is 1. The Labute approximate surface area is 239 Å². The van der Waals surface area contributed by atoms with Gasteiger partial charge in [0.25, 0.3) is 0 Å². The third kappa shape index (κ3) is 9.23. The van der Waals surface area contributed by atoms with Crippen molar-refractivity contribution < 1.29 is 33.7 Å². The number of nitrogens with zero attached hydrogens (tertiary/aromatic N) is 1. The first-order chi connectivity index (χ1) is 19.9. The number of nitrogens with one attached hydrogen (secondary N) is 2. The Kier molecular flexibility index (Phi) is 10.5. The third-order valence-corrected chi connectivity index (χ3v) is 6.67. The number of ether oxygens (including phenoxy) is 3. The Balaban J connectivity index is 1.20. The van der Waals surface area contributed by atoms with Gasteiger partial charge in [0.05, 0.1) is 30.4 Å². The second kappa shape index (κ2) is 14.7. The van der Waals surface area contributed by atoms with E-state index in [0.29, 0.717) is 23.8 Å². The van der Waals surface area contributed by atoms with E-state index in [2.05, 4.69) is 22.5 Å². The molecule has 4 rings (SSSR count). The molecule has 0 spiro atoms. The minimum atomic E-state index is -1.11. The Morgan fingerprint density at radius 2 is 1.68 bits per heavy atom. The summed E-state index contributed by atoms with van der Waals surface area (Å²) >= 11 is 0. The number of aromatic carboxylic acids is 1. The predicted molar refractivity (Wildman–Crippen MR) is 153 cm³/mol. The number of carbonyl (C=O) groups is 3. The summed E-state index contributed by atoms with van der Waals surface area (Å²) < 4.78 is 17.1. The van der Waals surface area contributed by atoms with Gasteiger partial charge in [-0.25, -0.2) is 14.6 Å². The molecule has 1 saturated carbocycles. The smallest absolute Gasteiger partial charge is 0.407 e. The molecule has 3 aromatic rings. The lowest BCUT2D eigenvalue weighted by molar-refractivity contribution is -0.115. The molecule has 216 valence electrons. The number of amides is 2. The van der Waals surface area contributed by atoms with E-state index in [1.807, 2.05) is 12.1 Å². The zero-order valence-corrected chi connectivity index (χ0v) is 23.0. The van der Waals surface area contributed by atoms with E-state index in [1.54, 1.807) is 48.7 Å². The van der Waals surface area contributed by atoms with E-state index in [-0.39, 0.29) is 41.8 Å². The maximum atomic E-state index is 12.4. The molecule has 0 atom stereocenters. The van der Waals surface area contributed by atoms with Crippen LogP contribution in [-0.4, -0.2) is 46.8 Å². The van der Waals surface area contributed by atoms with Gasteiger partial charge in [0, 0.05) is 18.3 Å². The minimum Gasteiger partial charge on any atom is -0.490 e. The maximum Gasteiger partial charge on any atom is 0.407 e. The van der Waals surface area contributed by atoms with Gasteiger partial charge in [0.1, 0.15) is 11.5 Å².